The second-order valence-corrected chi connectivity index (χ2v) is 5.40. The number of imidazole rings is 1. The lowest BCUT2D eigenvalue weighted by Crippen LogP contribution is -1.94. The van der Waals surface area contributed by atoms with Gasteiger partial charge in [0.2, 0.25) is 5.71 Å². The van der Waals surface area contributed by atoms with Crippen molar-refractivity contribution in [1.29, 1.82) is 0 Å². The zero-order valence-electron chi connectivity index (χ0n) is 12.2. The second-order valence-electron chi connectivity index (χ2n) is 5.40. The van der Waals surface area contributed by atoms with Gasteiger partial charge in [-0.2, -0.15) is 0 Å². The quantitative estimate of drug-likeness (QED) is 0.528. The molecule has 0 fully saturated rings. The summed E-state index contributed by atoms with van der Waals surface area (Å²) < 4.78 is 8.07. The molecule has 4 nitrogen and oxygen atoms in total. The van der Waals surface area contributed by atoms with Gasteiger partial charge in [-0.05, 0) is 31.5 Å². The molecular weight excluding hydrogens is 262 g/mol. The number of aryl methyl sites for hydroxylation is 3. The van der Waals surface area contributed by atoms with Crippen LogP contribution in [-0.2, 0) is 7.05 Å². The van der Waals surface area contributed by atoms with Crippen LogP contribution in [-0.4, -0.2) is 14.5 Å². The summed E-state index contributed by atoms with van der Waals surface area (Å²) in [7, 11) is 1.99. The van der Waals surface area contributed by atoms with Crippen LogP contribution < -0.4 is 0 Å². The van der Waals surface area contributed by atoms with Crippen molar-refractivity contribution in [3.05, 3.63) is 47.9 Å². The highest BCUT2D eigenvalue weighted by Gasteiger charge is 2.17. The van der Waals surface area contributed by atoms with E-state index in [1.165, 1.54) is 0 Å². The number of aromatic nitrogens is 3. The van der Waals surface area contributed by atoms with Gasteiger partial charge in [-0.15, -0.1) is 0 Å². The summed E-state index contributed by atoms with van der Waals surface area (Å²) >= 11 is 0. The van der Waals surface area contributed by atoms with Crippen LogP contribution in [0.25, 0.3) is 33.5 Å². The Bertz CT molecular complexity index is 978. The number of nitrogens with zero attached hydrogens (tertiary/aromatic N) is 3. The van der Waals surface area contributed by atoms with Crippen LogP contribution >= 0.6 is 0 Å². The molecule has 0 aliphatic carbocycles. The average molecular weight is 277 g/mol. The molecule has 0 spiro atoms. The van der Waals surface area contributed by atoms with Crippen molar-refractivity contribution in [3.8, 4) is 11.4 Å². The van der Waals surface area contributed by atoms with Gasteiger partial charge in [0, 0.05) is 35.9 Å². The third-order valence-electron chi connectivity index (χ3n) is 3.90. The summed E-state index contributed by atoms with van der Waals surface area (Å²) in [4.78, 5) is 8.96. The Hall–Kier alpha value is -2.62. The van der Waals surface area contributed by atoms with Crippen molar-refractivity contribution in [3.63, 3.8) is 0 Å². The predicted molar refractivity (Wildman–Crippen MR) is 83.2 cm³/mol. The predicted octanol–water partition coefficient (Wildman–Crippen LogP) is 4.00. The average Bonchev–Trinajstić information content (AvgIpc) is 3.01. The Morgan fingerprint density at radius 1 is 1.05 bits per heavy atom. The van der Waals surface area contributed by atoms with Crippen molar-refractivity contribution >= 4 is 22.1 Å². The maximum atomic E-state index is 6.06. The molecule has 0 bridgehead atoms. The third-order valence-corrected chi connectivity index (χ3v) is 3.90. The van der Waals surface area contributed by atoms with Gasteiger partial charge in [0.15, 0.2) is 0 Å². The molecule has 0 aliphatic rings. The maximum Gasteiger partial charge on any atom is 0.227 e. The molecule has 0 unspecified atom stereocenters. The first-order chi connectivity index (χ1) is 10.1. The van der Waals surface area contributed by atoms with Gasteiger partial charge < -0.3 is 8.98 Å². The summed E-state index contributed by atoms with van der Waals surface area (Å²) in [6.45, 7) is 4.05. The van der Waals surface area contributed by atoms with E-state index < -0.39 is 0 Å². The van der Waals surface area contributed by atoms with E-state index in [0.29, 0.717) is 5.71 Å². The SMILES string of the molecule is Cc1ccc2c(n1)oc1c(-c3nccn3C)c(C)ccc12. The monoisotopic (exact) mass is 277 g/mol. The minimum Gasteiger partial charge on any atom is -0.437 e. The molecule has 21 heavy (non-hydrogen) atoms. The Morgan fingerprint density at radius 3 is 2.62 bits per heavy atom. The van der Waals surface area contributed by atoms with Crippen molar-refractivity contribution in [2.45, 2.75) is 13.8 Å². The molecule has 0 aliphatic heterocycles. The second kappa shape index (κ2) is 4.19. The zero-order chi connectivity index (χ0) is 14.6. The van der Waals surface area contributed by atoms with E-state index in [-0.39, 0.29) is 0 Å². The third kappa shape index (κ3) is 1.69. The molecule has 3 heterocycles. The Morgan fingerprint density at radius 2 is 1.86 bits per heavy atom. The lowest BCUT2D eigenvalue weighted by Gasteiger charge is -2.06. The lowest BCUT2D eigenvalue weighted by atomic mass is 10.0. The van der Waals surface area contributed by atoms with E-state index in [4.69, 9.17) is 4.42 Å². The molecule has 0 atom stereocenters. The first kappa shape index (κ1) is 12.1. The van der Waals surface area contributed by atoms with Gasteiger partial charge in [0.25, 0.3) is 0 Å². The molecule has 104 valence electrons. The highest BCUT2D eigenvalue weighted by Crippen LogP contribution is 2.36. The fourth-order valence-electron chi connectivity index (χ4n) is 2.80. The molecule has 0 saturated carbocycles. The Kier molecular flexibility index (Phi) is 2.42. The van der Waals surface area contributed by atoms with Crippen LogP contribution in [0.3, 0.4) is 0 Å². The molecule has 1 aromatic carbocycles. The van der Waals surface area contributed by atoms with Crippen LogP contribution in [0.4, 0.5) is 0 Å². The number of benzene rings is 1. The fourth-order valence-corrected chi connectivity index (χ4v) is 2.80. The standard InChI is InChI=1S/C17H15N3O/c1-10-4-6-12-13-7-5-11(2)19-17(13)21-15(12)14(10)16-18-8-9-20(16)3/h4-9H,1-3H3. The van der Waals surface area contributed by atoms with E-state index in [1.54, 1.807) is 6.20 Å². The number of furan rings is 1. The summed E-state index contributed by atoms with van der Waals surface area (Å²) in [6.07, 6.45) is 3.75. The van der Waals surface area contributed by atoms with E-state index in [1.807, 2.05) is 30.8 Å². The molecule has 3 aromatic heterocycles. The highest BCUT2D eigenvalue weighted by atomic mass is 16.3. The van der Waals surface area contributed by atoms with Crippen molar-refractivity contribution < 1.29 is 4.42 Å². The first-order valence-corrected chi connectivity index (χ1v) is 6.92. The molecule has 4 rings (SSSR count). The van der Waals surface area contributed by atoms with Gasteiger partial charge in [-0.25, -0.2) is 9.97 Å². The van der Waals surface area contributed by atoms with E-state index in [9.17, 15) is 0 Å². The minimum absolute atomic E-state index is 0.686. The topological polar surface area (TPSA) is 43.9 Å². The normalized spacial score (nSPS) is 11.6. The number of pyridine rings is 1. The maximum absolute atomic E-state index is 6.06. The van der Waals surface area contributed by atoms with E-state index in [2.05, 4.69) is 35.1 Å². The van der Waals surface area contributed by atoms with Crippen LogP contribution in [0.15, 0.2) is 41.1 Å². The molecule has 0 radical (unpaired) electrons. The molecule has 4 heteroatoms. The van der Waals surface area contributed by atoms with Gasteiger partial charge in [-0.3, -0.25) is 0 Å². The van der Waals surface area contributed by atoms with Gasteiger partial charge in [0.1, 0.15) is 11.4 Å². The number of rotatable bonds is 1. The highest BCUT2D eigenvalue weighted by molar-refractivity contribution is 6.08. The summed E-state index contributed by atoms with van der Waals surface area (Å²) in [5.41, 5.74) is 4.68. The first-order valence-electron chi connectivity index (χ1n) is 6.92. The largest absolute Gasteiger partial charge is 0.437 e. The van der Waals surface area contributed by atoms with Crippen molar-refractivity contribution in [2.24, 2.45) is 7.05 Å². The van der Waals surface area contributed by atoms with Gasteiger partial charge >= 0.3 is 0 Å². The number of hydrogen-bond acceptors (Lipinski definition) is 3. The Labute approximate surface area is 122 Å². The fraction of sp³-hybridized carbons (Fsp3) is 0.176. The van der Waals surface area contributed by atoms with Gasteiger partial charge in [0.05, 0.1) is 5.56 Å². The zero-order valence-corrected chi connectivity index (χ0v) is 12.2. The number of fused-ring (bicyclic) bond motifs is 3. The summed E-state index contributed by atoms with van der Waals surface area (Å²) in [5, 5.41) is 2.13. The number of hydrogen-bond donors (Lipinski definition) is 0. The summed E-state index contributed by atoms with van der Waals surface area (Å²) in [6, 6.07) is 8.29. The van der Waals surface area contributed by atoms with Crippen molar-refractivity contribution in [1.82, 2.24) is 14.5 Å². The van der Waals surface area contributed by atoms with E-state index in [0.717, 1.165) is 39.0 Å². The minimum atomic E-state index is 0.686. The van der Waals surface area contributed by atoms with Crippen LogP contribution in [0.5, 0.6) is 0 Å². The van der Waals surface area contributed by atoms with Gasteiger partial charge in [-0.1, -0.05) is 12.1 Å². The molecule has 0 amide bonds. The van der Waals surface area contributed by atoms with Crippen LogP contribution in [0, 0.1) is 13.8 Å². The smallest absolute Gasteiger partial charge is 0.227 e. The Balaban J connectivity index is 2.17. The van der Waals surface area contributed by atoms with Crippen LogP contribution in [0.1, 0.15) is 11.3 Å². The molecule has 4 aromatic rings. The van der Waals surface area contributed by atoms with E-state index >= 15 is 0 Å². The molecule has 0 N–H and O–H groups in total. The molecule has 0 saturated heterocycles. The van der Waals surface area contributed by atoms with Crippen molar-refractivity contribution in [2.75, 3.05) is 0 Å². The lowest BCUT2D eigenvalue weighted by molar-refractivity contribution is 0.652. The van der Waals surface area contributed by atoms with Crippen LogP contribution in [0.2, 0.25) is 0 Å². The molecular formula is C17H15N3O. The summed E-state index contributed by atoms with van der Waals surface area (Å²) in [5.74, 6) is 0.911.